The molecule has 1 aliphatic carbocycles. The first-order chi connectivity index (χ1) is 11.6. The molecule has 0 amide bonds. The molecule has 0 bridgehead atoms. The number of fused-ring (bicyclic) bond motifs is 1. The van der Waals surface area contributed by atoms with E-state index in [-0.39, 0.29) is 12.6 Å². The molecule has 0 spiro atoms. The van der Waals surface area contributed by atoms with E-state index in [0.717, 1.165) is 29.8 Å². The Kier molecular flexibility index (Phi) is 4.34. The smallest absolute Gasteiger partial charge is 0.204 e. The van der Waals surface area contributed by atoms with Gasteiger partial charge < -0.3 is 24.8 Å². The summed E-state index contributed by atoms with van der Waals surface area (Å²) in [5, 5.41) is 23.8. The van der Waals surface area contributed by atoms with Crippen molar-refractivity contribution in [1.29, 1.82) is 0 Å². The van der Waals surface area contributed by atoms with Gasteiger partial charge in [-0.1, -0.05) is 23.2 Å². The van der Waals surface area contributed by atoms with Crippen molar-refractivity contribution < 1.29 is 14.9 Å². The van der Waals surface area contributed by atoms with Gasteiger partial charge in [0.25, 0.3) is 0 Å². The fourth-order valence-corrected chi connectivity index (χ4v) is 3.49. The molecule has 0 radical (unpaired) electrons. The molecular weight excluding hydrogens is 353 g/mol. The summed E-state index contributed by atoms with van der Waals surface area (Å²) in [6.45, 7) is 0.209. The number of halogens is 2. The van der Waals surface area contributed by atoms with Crippen LogP contribution in [0.4, 0.5) is 5.95 Å². The normalized spacial score (nSPS) is 27.6. The maximum atomic E-state index is 10.2. The number of aromatic nitrogens is 2. The van der Waals surface area contributed by atoms with Crippen molar-refractivity contribution in [3.63, 3.8) is 0 Å². The maximum absolute atomic E-state index is 10.2. The van der Waals surface area contributed by atoms with Gasteiger partial charge in [-0.15, -0.1) is 0 Å². The molecule has 8 heteroatoms. The van der Waals surface area contributed by atoms with Crippen LogP contribution >= 0.6 is 23.2 Å². The number of hydrogen-bond acceptors (Lipinski definition) is 5. The van der Waals surface area contributed by atoms with Crippen LogP contribution in [-0.4, -0.2) is 51.2 Å². The van der Waals surface area contributed by atoms with Gasteiger partial charge in [0.15, 0.2) is 0 Å². The Balaban J connectivity index is 1.75. The highest BCUT2D eigenvalue weighted by molar-refractivity contribution is 6.42. The number of aliphatic hydroxyl groups is 2. The first-order valence-corrected chi connectivity index (χ1v) is 8.86. The van der Waals surface area contributed by atoms with Crippen molar-refractivity contribution in [2.24, 2.45) is 0 Å². The lowest BCUT2D eigenvalue weighted by atomic mass is 10.0. The van der Waals surface area contributed by atoms with Crippen LogP contribution in [0.25, 0.3) is 11.0 Å². The molecule has 2 aliphatic rings. The van der Waals surface area contributed by atoms with Crippen molar-refractivity contribution in [2.75, 3.05) is 18.5 Å². The van der Waals surface area contributed by atoms with Crippen LogP contribution in [0.2, 0.25) is 10.0 Å². The zero-order valence-corrected chi connectivity index (χ0v) is 14.5. The molecule has 130 valence electrons. The molecule has 1 aromatic heterocycles. The number of hydrogen-bond donors (Lipinski definition) is 3. The third-order valence-corrected chi connectivity index (χ3v) is 5.35. The topological polar surface area (TPSA) is 79.5 Å². The Morgan fingerprint density at radius 3 is 2.71 bits per heavy atom. The lowest BCUT2D eigenvalue weighted by molar-refractivity contribution is -0.111. The Labute approximate surface area is 149 Å². The van der Waals surface area contributed by atoms with Crippen LogP contribution in [-0.2, 0) is 4.74 Å². The predicted octanol–water partition coefficient (Wildman–Crippen LogP) is 2.60. The van der Waals surface area contributed by atoms with Gasteiger partial charge in [0.05, 0.1) is 46.4 Å². The van der Waals surface area contributed by atoms with Gasteiger partial charge in [-0.25, -0.2) is 4.98 Å². The van der Waals surface area contributed by atoms with Gasteiger partial charge >= 0.3 is 0 Å². The predicted molar refractivity (Wildman–Crippen MR) is 92.9 cm³/mol. The van der Waals surface area contributed by atoms with Crippen molar-refractivity contribution in [3.8, 4) is 0 Å². The van der Waals surface area contributed by atoms with Crippen LogP contribution < -0.4 is 5.32 Å². The fourth-order valence-electron chi connectivity index (χ4n) is 3.17. The Bertz CT molecular complexity index is 763. The number of ether oxygens (including phenoxy) is 1. The minimum Gasteiger partial charge on any atom is -0.394 e. The zero-order chi connectivity index (χ0) is 16.8. The van der Waals surface area contributed by atoms with E-state index in [9.17, 15) is 10.2 Å². The van der Waals surface area contributed by atoms with E-state index >= 15 is 0 Å². The summed E-state index contributed by atoms with van der Waals surface area (Å²) in [6, 6.07) is 3.90. The van der Waals surface area contributed by atoms with Crippen LogP contribution in [0.15, 0.2) is 12.1 Å². The van der Waals surface area contributed by atoms with Gasteiger partial charge in [-0.2, -0.15) is 0 Å². The van der Waals surface area contributed by atoms with Crippen molar-refractivity contribution in [3.05, 3.63) is 22.2 Å². The third kappa shape index (κ3) is 2.97. The summed E-state index contributed by atoms with van der Waals surface area (Å²) < 4.78 is 7.65. The molecule has 6 nitrogen and oxygen atoms in total. The van der Waals surface area contributed by atoms with E-state index < -0.39 is 12.2 Å². The SMILES string of the molecule is OCC1OCC(n2c(NC3CC3)nc3cc(Cl)c(Cl)cc32)CC1O. The molecule has 2 aromatic rings. The fraction of sp³-hybridized carbons (Fsp3) is 0.562. The number of anilines is 1. The van der Waals surface area contributed by atoms with Gasteiger partial charge in [-0.05, 0) is 31.4 Å². The zero-order valence-electron chi connectivity index (χ0n) is 13.0. The van der Waals surface area contributed by atoms with E-state index in [0.29, 0.717) is 29.1 Å². The molecule has 3 N–H and O–H groups in total. The highest BCUT2D eigenvalue weighted by atomic mass is 35.5. The van der Waals surface area contributed by atoms with Gasteiger partial charge in [0.1, 0.15) is 6.10 Å². The Morgan fingerprint density at radius 2 is 2.04 bits per heavy atom. The molecule has 3 unspecified atom stereocenters. The second-order valence-corrected chi connectivity index (χ2v) is 7.30. The van der Waals surface area contributed by atoms with Crippen LogP contribution in [0.3, 0.4) is 0 Å². The lowest BCUT2D eigenvalue weighted by Crippen LogP contribution is -2.41. The molecule has 4 rings (SSSR count). The highest BCUT2D eigenvalue weighted by Crippen LogP contribution is 2.36. The van der Waals surface area contributed by atoms with Crippen molar-refractivity contribution in [1.82, 2.24) is 9.55 Å². The largest absolute Gasteiger partial charge is 0.394 e. The molecule has 3 atom stereocenters. The minimum atomic E-state index is -0.720. The summed E-state index contributed by atoms with van der Waals surface area (Å²) in [5.74, 6) is 0.745. The second kappa shape index (κ2) is 6.35. The number of benzene rings is 1. The standard InChI is InChI=1S/C16H19Cl2N3O3/c17-10-4-12-13(5-11(10)18)21(16(20-12)19-8-1-2-8)9-3-14(23)15(6-22)24-7-9/h4-5,8-9,14-15,22-23H,1-3,6-7H2,(H,19,20). The summed E-state index contributed by atoms with van der Waals surface area (Å²) in [7, 11) is 0. The first-order valence-electron chi connectivity index (χ1n) is 8.11. The summed E-state index contributed by atoms with van der Waals surface area (Å²) in [5.41, 5.74) is 1.61. The summed E-state index contributed by atoms with van der Waals surface area (Å²) >= 11 is 12.3. The molecular formula is C16H19Cl2N3O3. The highest BCUT2D eigenvalue weighted by Gasteiger charge is 2.33. The summed E-state index contributed by atoms with van der Waals surface area (Å²) in [4.78, 5) is 4.66. The monoisotopic (exact) mass is 371 g/mol. The number of imidazole rings is 1. The van der Waals surface area contributed by atoms with E-state index in [1.165, 1.54) is 0 Å². The number of aliphatic hydroxyl groups excluding tert-OH is 2. The van der Waals surface area contributed by atoms with Crippen LogP contribution in [0.1, 0.15) is 25.3 Å². The average molecular weight is 372 g/mol. The lowest BCUT2D eigenvalue weighted by Gasteiger charge is -2.34. The number of rotatable bonds is 4. The van der Waals surface area contributed by atoms with Crippen LogP contribution in [0, 0.1) is 0 Å². The molecule has 1 aliphatic heterocycles. The van der Waals surface area contributed by atoms with E-state index in [4.69, 9.17) is 27.9 Å². The molecule has 24 heavy (non-hydrogen) atoms. The minimum absolute atomic E-state index is 0.0914. The van der Waals surface area contributed by atoms with E-state index in [1.54, 1.807) is 12.1 Å². The van der Waals surface area contributed by atoms with E-state index in [1.807, 2.05) is 4.57 Å². The Hall–Kier alpha value is -1.05. The third-order valence-electron chi connectivity index (χ3n) is 4.63. The molecule has 1 saturated heterocycles. The average Bonchev–Trinajstić information content (AvgIpc) is 3.29. The van der Waals surface area contributed by atoms with Gasteiger partial charge in [0, 0.05) is 6.04 Å². The molecule has 1 aromatic carbocycles. The van der Waals surface area contributed by atoms with Gasteiger partial charge in [0.2, 0.25) is 5.95 Å². The maximum Gasteiger partial charge on any atom is 0.204 e. The second-order valence-electron chi connectivity index (χ2n) is 6.49. The van der Waals surface area contributed by atoms with Gasteiger partial charge in [-0.3, -0.25) is 0 Å². The number of nitrogens with zero attached hydrogens (tertiary/aromatic N) is 2. The van der Waals surface area contributed by atoms with E-state index in [2.05, 4.69) is 10.3 Å². The van der Waals surface area contributed by atoms with Crippen molar-refractivity contribution >= 4 is 40.2 Å². The summed E-state index contributed by atoms with van der Waals surface area (Å²) in [6.07, 6.45) is 1.48. The quantitative estimate of drug-likeness (QED) is 0.769. The van der Waals surface area contributed by atoms with Crippen LogP contribution in [0.5, 0.6) is 0 Å². The Morgan fingerprint density at radius 1 is 1.29 bits per heavy atom. The molecule has 1 saturated carbocycles. The molecule has 2 heterocycles. The first kappa shape index (κ1) is 16.4. The molecule has 2 fully saturated rings. The van der Waals surface area contributed by atoms with Crippen molar-refractivity contribution in [2.45, 2.75) is 43.6 Å². The number of nitrogens with one attached hydrogen (secondary N) is 1.